The van der Waals surface area contributed by atoms with Crippen molar-refractivity contribution in [3.8, 4) is 11.1 Å². The lowest BCUT2D eigenvalue weighted by Crippen LogP contribution is -2.32. The number of nitrogens with one attached hydrogen (secondary N) is 1. The van der Waals surface area contributed by atoms with Crippen molar-refractivity contribution in [2.45, 2.75) is 25.3 Å². The average molecular weight is 532 g/mol. The van der Waals surface area contributed by atoms with Gasteiger partial charge in [0.2, 0.25) is 0 Å². The van der Waals surface area contributed by atoms with Gasteiger partial charge in [-0.05, 0) is 97.1 Å². The van der Waals surface area contributed by atoms with Crippen LogP contribution in [0.2, 0.25) is 5.02 Å². The van der Waals surface area contributed by atoms with Crippen LogP contribution >= 0.6 is 11.6 Å². The van der Waals surface area contributed by atoms with Gasteiger partial charge in [-0.15, -0.1) is 0 Å². The van der Waals surface area contributed by atoms with E-state index in [1.54, 1.807) is 0 Å². The maximum Gasteiger partial charge on any atom is 0.255 e. The highest BCUT2D eigenvalue weighted by molar-refractivity contribution is 6.30. The Morgan fingerprint density at radius 2 is 1.51 bits per heavy atom. The summed E-state index contributed by atoms with van der Waals surface area (Å²) >= 11 is 5.99. The Balaban J connectivity index is 1.07. The Hall–Kier alpha value is -3.99. The van der Waals surface area contributed by atoms with Crippen molar-refractivity contribution in [2.24, 2.45) is 0 Å². The molecule has 1 amide bonds. The summed E-state index contributed by atoms with van der Waals surface area (Å²) in [5.74, 6) is 0.516. The van der Waals surface area contributed by atoms with E-state index in [-0.39, 0.29) is 5.91 Å². The summed E-state index contributed by atoms with van der Waals surface area (Å²) in [4.78, 5) is 20.3. The van der Waals surface area contributed by atoms with Gasteiger partial charge in [0, 0.05) is 28.2 Å². The van der Waals surface area contributed by atoms with Gasteiger partial charge in [0.15, 0.2) is 0 Å². The number of piperidine rings is 1. The topological polar surface area (TPSA) is 45.2 Å². The summed E-state index contributed by atoms with van der Waals surface area (Å²) in [6.07, 6.45) is 2.37. The minimum absolute atomic E-state index is 0.138. The van der Waals surface area contributed by atoms with Crippen LogP contribution in [-0.4, -0.2) is 28.9 Å². The maximum absolute atomic E-state index is 12.9. The summed E-state index contributed by atoms with van der Waals surface area (Å²) in [5, 5.41) is 4.74. The molecule has 194 valence electrons. The summed E-state index contributed by atoms with van der Waals surface area (Å²) in [7, 11) is 0. The smallest absolute Gasteiger partial charge is 0.255 e. The van der Waals surface area contributed by atoms with Crippen LogP contribution in [0.4, 0.5) is 5.69 Å². The first-order valence-electron chi connectivity index (χ1n) is 13.4. The molecule has 1 fully saturated rings. The molecular formula is C34H30ClN3O. The molecule has 1 aliphatic heterocycles. The highest BCUT2D eigenvalue weighted by Gasteiger charge is 2.20. The lowest BCUT2D eigenvalue weighted by molar-refractivity contribution is 0.102. The van der Waals surface area contributed by atoms with Crippen LogP contribution in [0.25, 0.3) is 22.0 Å². The van der Waals surface area contributed by atoms with Gasteiger partial charge >= 0.3 is 0 Å². The Kier molecular flexibility index (Phi) is 7.40. The molecule has 1 aromatic heterocycles. The largest absolute Gasteiger partial charge is 0.322 e. The van der Waals surface area contributed by atoms with Gasteiger partial charge in [-0.2, -0.15) is 0 Å². The van der Waals surface area contributed by atoms with Gasteiger partial charge in [0.05, 0.1) is 11.2 Å². The third-order valence-corrected chi connectivity index (χ3v) is 7.83. The fourth-order valence-electron chi connectivity index (χ4n) is 5.37. The van der Waals surface area contributed by atoms with E-state index >= 15 is 0 Å². The number of nitrogens with zero attached hydrogens (tertiary/aromatic N) is 2. The minimum atomic E-state index is -0.138. The number of pyridine rings is 1. The van der Waals surface area contributed by atoms with Crippen molar-refractivity contribution in [2.75, 3.05) is 18.4 Å². The molecule has 0 saturated carbocycles. The van der Waals surface area contributed by atoms with Gasteiger partial charge in [0.1, 0.15) is 0 Å². The molecule has 0 aliphatic carbocycles. The second-order valence-corrected chi connectivity index (χ2v) is 10.6. The molecule has 0 unspecified atom stereocenters. The molecule has 39 heavy (non-hydrogen) atoms. The third-order valence-electron chi connectivity index (χ3n) is 7.57. The lowest BCUT2D eigenvalue weighted by atomic mass is 9.89. The van der Waals surface area contributed by atoms with Crippen molar-refractivity contribution in [3.05, 3.63) is 131 Å². The monoisotopic (exact) mass is 531 g/mol. The van der Waals surface area contributed by atoms with Gasteiger partial charge < -0.3 is 5.32 Å². The number of carbonyl (C=O) groups excluding carboxylic acids is 1. The van der Waals surface area contributed by atoms with Crippen molar-refractivity contribution >= 4 is 34.1 Å². The first-order valence-corrected chi connectivity index (χ1v) is 13.8. The van der Waals surface area contributed by atoms with Crippen LogP contribution in [0.3, 0.4) is 0 Å². The van der Waals surface area contributed by atoms with Gasteiger partial charge in [-0.1, -0.05) is 72.3 Å². The number of carbonyl (C=O) groups is 1. The molecule has 2 heterocycles. The summed E-state index contributed by atoms with van der Waals surface area (Å²) in [6.45, 7) is 3.04. The molecule has 1 saturated heterocycles. The predicted molar refractivity (Wildman–Crippen MR) is 160 cm³/mol. The highest BCUT2D eigenvalue weighted by Crippen LogP contribution is 2.29. The average Bonchev–Trinajstić information content (AvgIpc) is 2.98. The quantitative estimate of drug-likeness (QED) is 0.240. The molecule has 0 spiro atoms. The van der Waals surface area contributed by atoms with E-state index in [1.807, 2.05) is 66.7 Å². The summed E-state index contributed by atoms with van der Waals surface area (Å²) in [5.41, 5.74) is 6.94. The van der Waals surface area contributed by atoms with Crippen LogP contribution < -0.4 is 5.32 Å². The molecule has 0 bridgehead atoms. The van der Waals surface area contributed by atoms with Gasteiger partial charge in [-0.25, -0.2) is 0 Å². The van der Waals surface area contributed by atoms with Crippen molar-refractivity contribution in [3.63, 3.8) is 0 Å². The molecule has 6 rings (SSSR count). The van der Waals surface area contributed by atoms with E-state index in [4.69, 9.17) is 16.6 Å². The van der Waals surface area contributed by atoms with Gasteiger partial charge in [-0.3, -0.25) is 14.7 Å². The second kappa shape index (κ2) is 11.4. The van der Waals surface area contributed by atoms with Crippen molar-refractivity contribution in [1.29, 1.82) is 0 Å². The van der Waals surface area contributed by atoms with E-state index in [2.05, 4.69) is 52.7 Å². The van der Waals surface area contributed by atoms with Crippen LogP contribution in [0, 0.1) is 0 Å². The normalized spacial score (nSPS) is 14.4. The number of anilines is 1. The van der Waals surface area contributed by atoms with Crippen LogP contribution in [0.1, 0.15) is 40.4 Å². The number of hydrogen-bond donors (Lipinski definition) is 1. The molecule has 0 atom stereocenters. The molecule has 5 heteroatoms. The van der Waals surface area contributed by atoms with E-state index in [9.17, 15) is 4.79 Å². The van der Waals surface area contributed by atoms with Crippen molar-refractivity contribution < 1.29 is 4.79 Å². The number of halogens is 1. The van der Waals surface area contributed by atoms with E-state index in [0.29, 0.717) is 16.5 Å². The van der Waals surface area contributed by atoms with E-state index in [0.717, 1.165) is 53.0 Å². The van der Waals surface area contributed by atoms with E-state index < -0.39 is 0 Å². The maximum atomic E-state index is 12.9. The van der Waals surface area contributed by atoms with Crippen molar-refractivity contribution in [1.82, 2.24) is 9.88 Å². The fourth-order valence-corrected chi connectivity index (χ4v) is 5.50. The number of aromatic nitrogens is 1. The third kappa shape index (κ3) is 6.03. The number of fused-ring (bicyclic) bond motifs is 1. The van der Waals surface area contributed by atoms with Crippen LogP contribution in [0.15, 0.2) is 109 Å². The Bertz CT molecular complexity index is 1580. The van der Waals surface area contributed by atoms with E-state index in [1.165, 1.54) is 18.4 Å². The zero-order valence-corrected chi connectivity index (χ0v) is 22.4. The second-order valence-electron chi connectivity index (χ2n) is 10.2. The number of rotatable bonds is 6. The molecule has 1 N–H and O–H groups in total. The standard InChI is InChI=1S/C34H30ClN3O/c35-30-13-10-26(11-14-30)25-6-8-28(9-7-25)34(39)37-31-16-17-33-29(22-31)12-15-32(36-33)23-38-20-18-27(19-21-38)24-4-2-1-3-5-24/h1-17,22,27H,18-21,23H2,(H,37,39). The predicted octanol–water partition coefficient (Wildman–Crippen LogP) is 8.19. The molecule has 5 aromatic rings. The van der Waals surface area contributed by atoms with Crippen LogP contribution in [0.5, 0.6) is 0 Å². The zero-order valence-electron chi connectivity index (χ0n) is 21.7. The number of likely N-dealkylation sites (tertiary alicyclic amines) is 1. The van der Waals surface area contributed by atoms with Gasteiger partial charge in [0.25, 0.3) is 5.91 Å². The SMILES string of the molecule is O=C(Nc1ccc2nc(CN3CCC(c4ccccc4)CC3)ccc2c1)c1ccc(-c2ccc(Cl)cc2)cc1. The molecular weight excluding hydrogens is 502 g/mol. The first-order chi connectivity index (χ1) is 19.1. The Morgan fingerprint density at radius 1 is 0.821 bits per heavy atom. The molecule has 1 aliphatic rings. The molecule has 4 nitrogen and oxygen atoms in total. The summed E-state index contributed by atoms with van der Waals surface area (Å²) in [6, 6.07) is 36.2. The summed E-state index contributed by atoms with van der Waals surface area (Å²) < 4.78 is 0. The number of amides is 1. The highest BCUT2D eigenvalue weighted by atomic mass is 35.5. The Labute approximate surface area is 234 Å². The first kappa shape index (κ1) is 25.3. The molecule has 0 radical (unpaired) electrons. The number of benzene rings is 4. The molecule has 4 aromatic carbocycles. The lowest BCUT2D eigenvalue weighted by Gasteiger charge is -2.32. The number of hydrogen-bond acceptors (Lipinski definition) is 3. The minimum Gasteiger partial charge on any atom is -0.322 e. The Morgan fingerprint density at radius 3 is 2.23 bits per heavy atom. The fraction of sp³-hybridized carbons (Fsp3) is 0.176. The zero-order chi connectivity index (χ0) is 26.6. The van der Waals surface area contributed by atoms with Crippen LogP contribution in [-0.2, 0) is 6.54 Å².